The van der Waals surface area contributed by atoms with E-state index < -0.39 is 24.4 Å². The molecular weight excluding hydrogens is 368 g/mol. The van der Waals surface area contributed by atoms with Crippen molar-refractivity contribution in [2.24, 2.45) is 0 Å². The highest BCUT2D eigenvalue weighted by Gasteiger charge is 2.38. The molecular formula is C24H46O5. The minimum atomic E-state index is -1.09. The van der Waals surface area contributed by atoms with E-state index in [2.05, 4.69) is 19.1 Å². The van der Waals surface area contributed by atoms with E-state index >= 15 is 0 Å². The molecule has 0 spiro atoms. The van der Waals surface area contributed by atoms with Gasteiger partial charge in [0, 0.05) is 6.61 Å². The summed E-state index contributed by atoms with van der Waals surface area (Å²) < 4.78 is 10.9. The maximum Gasteiger partial charge on any atom is 0.111 e. The molecule has 1 rings (SSSR count). The van der Waals surface area contributed by atoms with Gasteiger partial charge in [-0.3, -0.25) is 0 Å². The summed E-state index contributed by atoms with van der Waals surface area (Å²) in [5, 5.41) is 28.9. The van der Waals surface area contributed by atoms with Gasteiger partial charge in [0.1, 0.15) is 24.4 Å². The predicted molar refractivity (Wildman–Crippen MR) is 118 cm³/mol. The quantitative estimate of drug-likeness (QED) is 0.227. The molecule has 1 heterocycles. The summed E-state index contributed by atoms with van der Waals surface area (Å²) in [6, 6.07) is 0. The third-order valence-corrected chi connectivity index (χ3v) is 5.75. The van der Waals surface area contributed by atoms with Gasteiger partial charge < -0.3 is 24.8 Å². The van der Waals surface area contributed by atoms with Crippen LogP contribution in [0, 0.1) is 0 Å². The van der Waals surface area contributed by atoms with Crippen LogP contribution in [-0.4, -0.2) is 59.6 Å². The van der Waals surface area contributed by atoms with Crippen LogP contribution in [0.15, 0.2) is 12.2 Å². The Hall–Kier alpha value is -0.460. The molecule has 0 radical (unpaired) electrons. The summed E-state index contributed by atoms with van der Waals surface area (Å²) in [4.78, 5) is 0. The Balaban J connectivity index is 1.85. The van der Waals surface area contributed by atoms with Gasteiger partial charge in [-0.2, -0.15) is 0 Å². The van der Waals surface area contributed by atoms with Crippen molar-refractivity contribution < 1.29 is 24.8 Å². The summed E-state index contributed by atoms with van der Waals surface area (Å²) >= 11 is 0. The summed E-state index contributed by atoms with van der Waals surface area (Å²) in [7, 11) is 0. The largest absolute Gasteiger partial charge is 0.394 e. The van der Waals surface area contributed by atoms with E-state index in [0.29, 0.717) is 6.61 Å². The molecule has 172 valence electrons. The second kappa shape index (κ2) is 18.3. The molecule has 0 aromatic rings. The Morgan fingerprint density at radius 2 is 1.34 bits per heavy atom. The minimum Gasteiger partial charge on any atom is -0.394 e. The second-order valence-electron chi connectivity index (χ2n) is 8.38. The molecule has 1 saturated heterocycles. The third kappa shape index (κ3) is 12.7. The number of allylic oxidation sites excluding steroid dienone is 2. The SMILES string of the molecule is CCCCCCCCCCCCC/C=C/CCCO[C@H]1CO[C@H](CO)[C@@H](O)[C@@H]1O. The zero-order valence-electron chi connectivity index (χ0n) is 18.6. The van der Waals surface area contributed by atoms with Crippen LogP contribution in [-0.2, 0) is 9.47 Å². The first-order chi connectivity index (χ1) is 14.2. The van der Waals surface area contributed by atoms with Crippen molar-refractivity contribution in [3.63, 3.8) is 0 Å². The van der Waals surface area contributed by atoms with E-state index in [1.165, 1.54) is 70.6 Å². The number of ether oxygens (including phenoxy) is 2. The average molecular weight is 415 g/mol. The number of aliphatic hydroxyl groups excluding tert-OH is 3. The van der Waals surface area contributed by atoms with Crippen LogP contribution in [0.25, 0.3) is 0 Å². The molecule has 1 fully saturated rings. The Morgan fingerprint density at radius 1 is 0.793 bits per heavy atom. The van der Waals surface area contributed by atoms with E-state index in [9.17, 15) is 10.2 Å². The molecule has 0 aromatic carbocycles. The zero-order chi connectivity index (χ0) is 21.2. The first-order valence-corrected chi connectivity index (χ1v) is 12.1. The van der Waals surface area contributed by atoms with Gasteiger partial charge in [-0.1, -0.05) is 83.3 Å². The number of hydrogen-bond donors (Lipinski definition) is 3. The molecule has 0 saturated carbocycles. The number of hydrogen-bond acceptors (Lipinski definition) is 5. The zero-order valence-corrected chi connectivity index (χ0v) is 18.6. The lowest BCUT2D eigenvalue weighted by Gasteiger charge is -2.36. The van der Waals surface area contributed by atoms with Gasteiger partial charge in [0.2, 0.25) is 0 Å². The van der Waals surface area contributed by atoms with Gasteiger partial charge >= 0.3 is 0 Å². The van der Waals surface area contributed by atoms with Crippen LogP contribution in [0.4, 0.5) is 0 Å². The summed E-state index contributed by atoms with van der Waals surface area (Å²) in [5.41, 5.74) is 0. The Morgan fingerprint density at radius 3 is 1.93 bits per heavy atom. The first-order valence-electron chi connectivity index (χ1n) is 12.1. The maximum atomic E-state index is 9.99. The molecule has 0 unspecified atom stereocenters. The van der Waals surface area contributed by atoms with E-state index in [4.69, 9.17) is 14.6 Å². The molecule has 5 nitrogen and oxygen atoms in total. The lowest BCUT2D eigenvalue weighted by molar-refractivity contribution is -0.208. The van der Waals surface area contributed by atoms with Crippen molar-refractivity contribution in [3.05, 3.63) is 12.2 Å². The Labute approximate surface area is 178 Å². The van der Waals surface area contributed by atoms with Crippen LogP contribution >= 0.6 is 0 Å². The highest BCUT2D eigenvalue weighted by molar-refractivity contribution is 4.87. The normalized spacial score (nSPS) is 25.1. The number of unbranched alkanes of at least 4 members (excludes halogenated alkanes) is 12. The predicted octanol–water partition coefficient (Wildman–Crippen LogP) is 4.52. The minimum absolute atomic E-state index is 0.206. The van der Waals surface area contributed by atoms with Crippen molar-refractivity contribution in [1.82, 2.24) is 0 Å². The lowest BCUT2D eigenvalue weighted by Crippen LogP contribution is -2.55. The van der Waals surface area contributed by atoms with Crippen molar-refractivity contribution in [1.29, 1.82) is 0 Å². The average Bonchev–Trinajstić information content (AvgIpc) is 2.73. The number of aliphatic hydroxyl groups is 3. The lowest BCUT2D eigenvalue weighted by atomic mass is 10.0. The van der Waals surface area contributed by atoms with Gasteiger partial charge in [0.05, 0.1) is 13.2 Å². The molecule has 0 aliphatic carbocycles. The topological polar surface area (TPSA) is 79.2 Å². The van der Waals surface area contributed by atoms with Crippen LogP contribution < -0.4 is 0 Å². The van der Waals surface area contributed by atoms with E-state index in [1.54, 1.807) is 0 Å². The molecule has 4 atom stereocenters. The summed E-state index contributed by atoms with van der Waals surface area (Å²) in [6.07, 6.45) is 19.3. The van der Waals surface area contributed by atoms with Crippen LogP contribution in [0.1, 0.15) is 96.8 Å². The van der Waals surface area contributed by atoms with Crippen LogP contribution in [0.3, 0.4) is 0 Å². The van der Waals surface area contributed by atoms with Crippen molar-refractivity contribution in [3.8, 4) is 0 Å². The van der Waals surface area contributed by atoms with Crippen molar-refractivity contribution in [2.45, 2.75) is 121 Å². The van der Waals surface area contributed by atoms with Gasteiger partial charge in [-0.25, -0.2) is 0 Å². The fourth-order valence-corrected chi connectivity index (χ4v) is 3.76. The molecule has 3 N–H and O–H groups in total. The fraction of sp³-hybridized carbons (Fsp3) is 0.917. The van der Waals surface area contributed by atoms with Crippen molar-refractivity contribution in [2.75, 3.05) is 19.8 Å². The summed E-state index contributed by atoms with van der Waals surface area (Å²) in [5.74, 6) is 0. The van der Waals surface area contributed by atoms with Gasteiger partial charge in [0.15, 0.2) is 0 Å². The fourth-order valence-electron chi connectivity index (χ4n) is 3.76. The molecule has 29 heavy (non-hydrogen) atoms. The molecule has 0 aromatic heterocycles. The third-order valence-electron chi connectivity index (χ3n) is 5.75. The molecule has 5 heteroatoms. The monoisotopic (exact) mass is 414 g/mol. The Bertz CT molecular complexity index is 387. The Kier molecular flexibility index (Phi) is 16.8. The second-order valence-corrected chi connectivity index (χ2v) is 8.38. The molecule has 0 amide bonds. The van der Waals surface area contributed by atoms with E-state index in [-0.39, 0.29) is 13.2 Å². The van der Waals surface area contributed by atoms with Crippen molar-refractivity contribution >= 4 is 0 Å². The highest BCUT2D eigenvalue weighted by Crippen LogP contribution is 2.18. The maximum absolute atomic E-state index is 9.99. The van der Waals surface area contributed by atoms with Crippen LogP contribution in [0.5, 0.6) is 0 Å². The molecule has 1 aliphatic heterocycles. The van der Waals surface area contributed by atoms with E-state index in [0.717, 1.165) is 19.3 Å². The smallest absolute Gasteiger partial charge is 0.111 e. The highest BCUT2D eigenvalue weighted by atomic mass is 16.6. The summed E-state index contributed by atoms with van der Waals surface area (Å²) in [6.45, 7) is 2.71. The molecule has 0 bridgehead atoms. The van der Waals surface area contributed by atoms with Gasteiger partial charge in [0.25, 0.3) is 0 Å². The van der Waals surface area contributed by atoms with Gasteiger partial charge in [-0.05, 0) is 25.7 Å². The van der Waals surface area contributed by atoms with E-state index in [1.807, 2.05) is 0 Å². The van der Waals surface area contributed by atoms with Gasteiger partial charge in [-0.15, -0.1) is 0 Å². The molecule has 1 aliphatic rings. The number of rotatable bonds is 18. The van der Waals surface area contributed by atoms with Crippen LogP contribution in [0.2, 0.25) is 0 Å². The standard InChI is InChI=1S/C24H46O5/c1-2-3-4-5-6-7-8-9-10-11-12-13-14-15-16-17-18-28-22-20-29-21(19-25)23(26)24(22)27/h14-15,21-27H,2-13,16-20H2,1H3/b15-14+/t21-,22+,23-,24-/m1/s1. The first kappa shape index (κ1) is 26.6.